The van der Waals surface area contributed by atoms with Gasteiger partial charge in [0.25, 0.3) is 0 Å². The monoisotopic (exact) mass is 561 g/mol. The zero-order chi connectivity index (χ0) is 25.0. The normalized spacial score (nSPS) is 12.9. The molecule has 0 aliphatic rings. The third kappa shape index (κ3) is 7.25. The molecular formula is C30H41Cl2Zr-. The molecule has 3 aromatic carbocycles. The maximum absolute atomic E-state index is 4.93. The predicted octanol–water partition coefficient (Wildman–Crippen LogP) is 10.7. The second-order valence-electron chi connectivity index (χ2n) is 11.3. The van der Waals surface area contributed by atoms with Gasteiger partial charge in [0.15, 0.2) is 0 Å². The van der Waals surface area contributed by atoms with E-state index < -0.39 is 20.8 Å². The molecule has 0 aliphatic carbocycles. The predicted molar refractivity (Wildman–Crippen MR) is 147 cm³/mol. The Hall–Kier alpha value is -0.487. The van der Waals surface area contributed by atoms with Crippen molar-refractivity contribution < 1.29 is 20.8 Å². The van der Waals surface area contributed by atoms with Crippen molar-refractivity contribution >= 4 is 27.8 Å². The molecule has 3 heteroatoms. The third-order valence-corrected chi connectivity index (χ3v) is 6.65. The van der Waals surface area contributed by atoms with Gasteiger partial charge in [-0.1, -0.05) is 104 Å². The van der Waals surface area contributed by atoms with Crippen LogP contribution in [0.15, 0.2) is 42.5 Å². The van der Waals surface area contributed by atoms with Gasteiger partial charge >= 0.3 is 37.9 Å². The van der Waals surface area contributed by atoms with Gasteiger partial charge in [-0.2, -0.15) is 6.07 Å². The molecule has 1 atom stereocenters. The Balaban J connectivity index is 0.00000122. The van der Waals surface area contributed by atoms with Crippen molar-refractivity contribution in [3.63, 3.8) is 0 Å². The fourth-order valence-electron chi connectivity index (χ4n) is 4.33. The van der Waals surface area contributed by atoms with Gasteiger partial charge in [-0.15, -0.1) is 34.5 Å². The van der Waals surface area contributed by atoms with Crippen molar-refractivity contribution in [3.05, 3.63) is 64.7 Å². The van der Waals surface area contributed by atoms with Crippen molar-refractivity contribution in [2.45, 2.75) is 98.3 Å². The molecule has 0 saturated heterocycles. The van der Waals surface area contributed by atoms with E-state index in [0.717, 1.165) is 6.42 Å². The zero-order valence-electron chi connectivity index (χ0n) is 22.0. The SMILES string of the molecule is CCCc1ccc2[cH-]c(C(C)CC)cc2c1-c1cc(C(C)(C)C)cc(C(C)(C)C)c1.[Cl][Zr][Cl]. The van der Waals surface area contributed by atoms with Crippen LogP contribution in [0.3, 0.4) is 0 Å². The van der Waals surface area contributed by atoms with Gasteiger partial charge in [-0.25, -0.2) is 0 Å². The molecule has 1 unspecified atom stereocenters. The summed E-state index contributed by atoms with van der Waals surface area (Å²) in [5.41, 5.74) is 8.92. The van der Waals surface area contributed by atoms with Crippen molar-refractivity contribution in [1.29, 1.82) is 0 Å². The first-order valence-electron chi connectivity index (χ1n) is 12.2. The molecule has 3 rings (SSSR count). The molecule has 0 aliphatic heterocycles. The summed E-state index contributed by atoms with van der Waals surface area (Å²) in [5.74, 6) is 0.603. The minimum atomic E-state index is -0.826. The Labute approximate surface area is 221 Å². The van der Waals surface area contributed by atoms with Crippen LogP contribution in [0.2, 0.25) is 0 Å². The summed E-state index contributed by atoms with van der Waals surface area (Å²) >= 11 is -0.826. The summed E-state index contributed by atoms with van der Waals surface area (Å²) in [6.45, 7) is 20.9. The number of rotatable bonds is 5. The molecule has 0 amide bonds. The van der Waals surface area contributed by atoms with E-state index in [9.17, 15) is 0 Å². The summed E-state index contributed by atoms with van der Waals surface area (Å²) in [6.07, 6.45) is 3.48. The van der Waals surface area contributed by atoms with E-state index in [4.69, 9.17) is 17.0 Å². The van der Waals surface area contributed by atoms with Crippen LogP contribution in [-0.2, 0) is 38.1 Å². The van der Waals surface area contributed by atoms with Crippen LogP contribution in [0.4, 0.5) is 0 Å². The van der Waals surface area contributed by atoms with Crippen LogP contribution in [0.1, 0.15) is 103 Å². The van der Waals surface area contributed by atoms with Gasteiger partial charge in [0, 0.05) is 0 Å². The fourth-order valence-corrected chi connectivity index (χ4v) is 4.33. The Morgan fingerprint density at radius 1 is 0.879 bits per heavy atom. The van der Waals surface area contributed by atoms with Crippen LogP contribution < -0.4 is 0 Å². The van der Waals surface area contributed by atoms with Crippen molar-refractivity contribution in [3.8, 4) is 11.1 Å². The van der Waals surface area contributed by atoms with Gasteiger partial charge in [0.2, 0.25) is 0 Å². The molecule has 0 spiro atoms. The topological polar surface area (TPSA) is 0 Å². The van der Waals surface area contributed by atoms with Gasteiger partial charge in [-0.3, -0.25) is 0 Å². The second kappa shape index (κ2) is 12.0. The van der Waals surface area contributed by atoms with Gasteiger partial charge < -0.3 is 0 Å². The third-order valence-electron chi connectivity index (χ3n) is 6.65. The molecule has 0 nitrogen and oxygen atoms in total. The summed E-state index contributed by atoms with van der Waals surface area (Å²) < 4.78 is 0. The summed E-state index contributed by atoms with van der Waals surface area (Å²) in [6, 6.07) is 17.0. The van der Waals surface area contributed by atoms with Crippen LogP contribution in [0.5, 0.6) is 0 Å². The van der Waals surface area contributed by atoms with Gasteiger partial charge in [-0.05, 0) is 39.9 Å². The molecule has 0 radical (unpaired) electrons. The molecule has 180 valence electrons. The number of benzene rings is 2. The molecular weight excluding hydrogens is 522 g/mol. The summed E-state index contributed by atoms with van der Waals surface area (Å²) in [4.78, 5) is 0. The average molecular weight is 564 g/mol. The molecule has 0 N–H and O–H groups in total. The maximum atomic E-state index is 4.93. The zero-order valence-corrected chi connectivity index (χ0v) is 26.0. The van der Waals surface area contributed by atoms with E-state index in [1.165, 1.54) is 57.0 Å². The average Bonchev–Trinajstić information content (AvgIpc) is 3.16. The molecule has 0 bridgehead atoms. The molecule has 0 aromatic heterocycles. The van der Waals surface area contributed by atoms with Crippen LogP contribution in [0.25, 0.3) is 21.9 Å². The first-order chi connectivity index (χ1) is 15.4. The van der Waals surface area contributed by atoms with Crippen molar-refractivity contribution in [1.82, 2.24) is 0 Å². The molecule has 33 heavy (non-hydrogen) atoms. The van der Waals surface area contributed by atoms with E-state index >= 15 is 0 Å². The molecule has 0 saturated carbocycles. The fraction of sp³-hybridized carbons (Fsp3) is 0.500. The number of hydrogen-bond donors (Lipinski definition) is 0. The molecule has 0 fully saturated rings. The number of aryl methyl sites for hydroxylation is 1. The standard InChI is InChI=1S/C30H41.2ClH.Zr/c1-10-12-21-13-14-22-15-23(20(3)11-2)18-27(22)28(21)24-16-25(29(4,5)6)19-26(17-24)30(7,8)9;;;/h13-20H,10-12H2,1-9H3;2*1H;/q-1;;;+2/p-2. The summed E-state index contributed by atoms with van der Waals surface area (Å²) in [7, 11) is 9.87. The van der Waals surface area contributed by atoms with Crippen molar-refractivity contribution in [2.75, 3.05) is 0 Å². The van der Waals surface area contributed by atoms with Gasteiger partial charge in [0.1, 0.15) is 0 Å². The number of hydrogen-bond acceptors (Lipinski definition) is 0. The Morgan fingerprint density at radius 2 is 1.42 bits per heavy atom. The molecule has 3 aromatic rings. The van der Waals surface area contributed by atoms with E-state index in [2.05, 4.69) is 105 Å². The molecule has 0 heterocycles. The number of fused-ring (bicyclic) bond motifs is 1. The van der Waals surface area contributed by atoms with E-state index in [0.29, 0.717) is 5.92 Å². The van der Waals surface area contributed by atoms with Gasteiger partial charge in [0.05, 0.1) is 0 Å². The Kier molecular flexibility index (Phi) is 10.4. The van der Waals surface area contributed by atoms with Crippen molar-refractivity contribution in [2.24, 2.45) is 0 Å². The quantitative estimate of drug-likeness (QED) is 0.271. The minimum absolute atomic E-state index is 0.128. The first-order valence-corrected chi connectivity index (χ1v) is 18.5. The number of halogens is 2. The second-order valence-corrected chi connectivity index (χ2v) is 15.1. The van der Waals surface area contributed by atoms with Crippen LogP contribution in [-0.4, -0.2) is 0 Å². The Morgan fingerprint density at radius 3 is 1.88 bits per heavy atom. The first kappa shape index (κ1) is 28.7. The van der Waals surface area contributed by atoms with E-state index in [-0.39, 0.29) is 10.8 Å². The van der Waals surface area contributed by atoms with E-state index in [1.54, 1.807) is 0 Å². The Bertz CT molecular complexity index is 1020. The van der Waals surface area contributed by atoms with Crippen LogP contribution in [0, 0.1) is 0 Å². The van der Waals surface area contributed by atoms with Crippen LogP contribution >= 0.6 is 17.0 Å². The van der Waals surface area contributed by atoms with E-state index in [1.807, 2.05) is 0 Å². The summed E-state index contributed by atoms with van der Waals surface area (Å²) in [5, 5.41) is 2.82.